The summed E-state index contributed by atoms with van der Waals surface area (Å²) in [7, 11) is -3.52. The highest BCUT2D eigenvalue weighted by molar-refractivity contribution is 7.91. The van der Waals surface area contributed by atoms with E-state index in [-0.39, 0.29) is 29.4 Å². The fourth-order valence-electron chi connectivity index (χ4n) is 3.86. The van der Waals surface area contributed by atoms with Gasteiger partial charge in [0.15, 0.2) is 15.0 Å². The van der Waals surface area contributed by atoms with Gasteiger partial charge >= 0.3 is 0 Å². The fourth-order valence-corrected chi connectivity index (χ4v) is 6.34. The highest BCUT2D eigenvalue weighted by Crippen LogP contribution is 2.33. The van der Waals surface area contributed by atoms with Crippen LogP contribution in [0.3, 0.4) is 0 Å². The van der Waals surface area contributed by atoms with Crippen LogP contribution in [0.1, 0.15) is 24.0 Å². The van der Waals surface area contributed by atoms with E-state index in [1.807, 2.05) is 0 Å². The highest BCUT2D eigenvalue weighted by atomic mass is 32.2. The zero-order chi connectivity index (χ0) is 22.9. The third-order valence-electron chi connectivity index (χ3n) is 5.81. The number of hydrogen-bond donors (Lipinski definition) is 0. The molecule has 0 N–H and O–H groups in total. The summed E-state index contributed by atoms with van der Waals surface area (Å²) in [6, 6.07) is 8.99. The number of benzene rings is 2. The number of nitrogens with zero attached hydrogens (tertiary/aromatic N) is 3. The number of amides is 1. The maximum Gasteiger partial charge on any atom is 0.222 e. The molecule has 1 fully saturated rings. The molecule has 0 spiro atoms. The van der Waals surface area contributed by atoms with Crippen molar-refractivity contribution in [3.05, 3.63) is 53.3 Å². The molecule has 170 valence electrons. The van der Waals surface area contributed by atoms with Gasteiger partial charge in [-0.15, -0.1) is 0 Å². The van der Waals surface area contributed by atoms with Crippen LogP contribution in [0.25, 0.3) is 10.2 Å². The van der Waals surface area contributed by atoms with Crippen LogP contribution in [-0.4, -0.2) is 56.1 Å². The van der Waals surface area contributed by atoms with E-state index in [0.717, 1.165) is 28.3 Å². The SMILES string of the molecule is Cc1ccc(C)c2sc(N3CCN(C(=O)CCCS(=O)(=O)c4ccc(F)cc4)CC3)nc12. The molecule has 0 bridgehead atoms. The molecule has 3 aromatic rings. The summed E-state index contributed by atoms with van der Waals surface area (Å²) in [5.41, 5.74) is 3.43. The number of hydrogen-bond acceptors (Lipinski definition) is 6. The third-order valence-corrected chi connectivity index (χ3v) is 8.88. The van der Waals surface area contributed by atoms with E-state index in [1.54, 1.807) is 16.2 Å². The molecule has 1 aliphatic heterocycles. The van der Waals surface area contributed by atoms with Gasteiger partial charge < -0.3 is 9.80 Å². The minimum absolute atomic E-state index is 0.0325. The Bertz CT molecular complexity index is 1190. The first-order valence-corrected chi connectivity index (χ1v) is 13.1. The van der Waals surface area contributed by atoms with E-state index in [9.17, 15) is 17.6 Å². The van der Waals surface area contributed by atoms with Crippen molar-refractivity contribution in [2.75, 3.05) is 36.8 Å². The van der Waals surface area contributed by atoms with E-state index in [0.29, 0.717) is 26.2 Å². The number of sulfone groups is 1. The molecule has 9 heteroatoms. The van der Waals surface area contributed by atoms with Gasteiger partial charge in [-0.1, -0.05) is 23.5 Å². The van der Waals surface area contributed by atoms with Gasteiger partial charge in [-0.3, -0.25) is 4.79 Å². The molecule has 1 amide bonds. The Balaban J connectivity index is 1.30. The quantitative estimate of drug-likeness (QED) is 0.505. The maximum absolute atomic E-state index is 13.0. The molecule has 0 saturated carbocycles. The smallest absolute Gasteiger partial charge is 0.222 e. The van der Waals surface area contributed by atoms with Crippen molar-refractivity contribution < 1.29 is 17.6 Å². The van der Waals surface area contributed by atoms with Crippen LogP contribution in [-0.2, 0) is 14.6 Å². The van der Waals surface area contributed by atoms with Gasteiger partial charge in [0.25, 0.3) is 0 Å². The van der Waals surface area contributed by atoms with Crippen LogP contribution < -0.4 is 4.90 Å². The van der Waals surface area contributed by atoms with Crippen LogP contribution in [0.4, 0.5) is 9.52 Å². The lowest BCUT2D eigenvalue weighted by Crippen LogP contribution is -2.48. The normalized spacial score (nSPS) is 14.8. The number of carbonyl (C=O) groups excluding carboxylic acids is 1. The number of rotatable bonds is 6. The van der Waals surface area contributed by atoms with E-state index in [2.05, 4.69) is 30.9 Å². The second-order valence-corrected chi connectivity index (χ2v) is 11.2. The second kappa shape index (κ2) is 9.15. The number of piperazine rings is 1. The number of aromatic nitrogens is 1. The van der Waals surface area contributed by atoms with Crippen molar-refractivity contribution >= 4 is 42.4 Å². The average molecular weight is 476 g/mol. The molecule has 1 saturated heterocycles. The third kappa shape index (κ3) is 4.78. The zero-order valence-electron chi connectivity index (χ0n) is 18.2. The Morgan fingerprint density at radius 3 is 2.34 bits per heavy atom. The number of halogens is 1. The predicted molar refractivity (Wildman–Crippen MR) is 126 cm³/mol. The molecule has 0 unspecified atom stereocenters. The van der Waals surface area contributed by atoms with Gasteiger partial charge in [-0.25, -0.2) is 17.8 Å². The monoisotopic (exact) mass is 475 g/mol. The van der Waals surface area contributed by atoms with Crippen molar-refractivity contribution in [3.63, 3.8) is 0 Å². The zero-order valence-corrected chi connectivity index (χ0v) is 19.8. The van der Waals surface area contributed by atoms with E-state index in [1.165, 1.54) is 22.4 Å². The van der Waals surface area contributed by atoms with Gasteiger partial charge in [-0.2, -0.15) is 0 Å². The summed E-state index contributed by atoms with van der Waals surface area (Å²) in [5, 5.41) is 0.981. The molecule has 1 aliphatic rings. The van der Waals surface area contributed by atoms with Crippen molar-refractivity contribution in [2.24, 2.45) is 0 Å². The highest BCUT2D eigenvalue weighted by Gasteiger charge is 2.24. The number of fused-ring (bicyclic) bond motifs is 1. The largest absolute Gasteiger partial charge is 0.345 e. The van der Waals surface area contributed by atoms with Crippen molar-refractivity contribution in [3.8, 4) is 0 Å². The lowest BCUT2D eigenvalue weighted by atomic mass is 10.1. The summed E-state index contributed by atoms with van der Waals surface area (Å²) in [5.74, 6) is -0.640. The molecule has 0 atom stereocenters. The number of carbonyl (C=O) groups is 1. The molecule has 32 heavy (non-hydrogen) atoms. The lowest BCUT2D eigenvalue weighted by molar-refractivity contribution is -0.131. The average Bonchev–Trinajstić information content (AvgIpc) is 3.23. The Morgan fingerprint density at radius 2 is 1.69 bits per heavy atom. The Kier molecular flexibility index (Phi) is 6.48. The summed E-state index contributed by atoms with van der Waals surface area (Å²) in [4.78, 5) is 21.5. The van der Waals surface area contributed by atoms with Gasteiger partial charge in [-0.05, 0) is 55.7 Å². The van der Waals surface area contributed by atoms with Gasteiger partial charge in [0.05, 0.1) is 20.9 Å². The molecule has 0 aliphatic carbocycles. The first kappa shape index (κ1) is 22.7. The molecular weight excluding hydrogens is 449 g/mol. The van der Waals surface area contributed by atoms with E-state index in [4.69, 9.17) is 4.98 Å². The Labute approximate surface area is 191 Å². The van der Waals surface area contributed by atoms with E-state index < -0.39 is 15.7 Å². The van der Waals surface area contributed by atoms with Gasteiger partial charge in [0.1, 0.15) is 5.82 Å². The summed E-state index contributed by atoms with van der Waals surface area (Å²) >= 11 is 1.69. The minimum Gasteiger partial charge on any atom is -0.345 e. The molecule has 6 nitrogen and oxygen atoms in total. The molecular formula is C23H26FN3O3S2. The van der Waals surface area contributed by atoms with Crippen LogP contribution >= 0.6 is 11.3 Å². The number of thiazole rings is 1. The van der Waals surface area contributed by atoms with Crippen molar-refractivity contribution in [1.29, 1.82) is 0 Å². The Morgan fingerprint density at radius 1 is 1.03 bits per heavy atom. The van der Waals surface area contributed by atoms with Crippen LogP contribution in [0, 0.1) is 19.7 Å². The summed E-state index contributed by atoms with van der Waals surface area (Å²) < 4.78 is 38.9. The number of anilines is 1. The molecule has 4 rings (SSSR count). The number of aryl methyl sites for hydroxylation is 2. The van der Waals surface area contributed by atoms with E-state index >= 15 is 0 Å². The summed E-state index contributed by atoms with van der Waals surface area (Å²) in [6.45, 7) is 6.76. The standard InChI is InChI=1S/C23H26FN3O3S2/c1-16-5-6-17(2)22-21(16)25-23(31-22)27-13-11-26(12-14-27)20(28)4-3-15-32(29,30)19-9-7-18(24)8-10-19/h5-10H,3-4,11-15H2,1-2H3. The predicted octanol–water partition coefficient (Wildman–Crippen LogP) is 3.95. The summed E-state index contributed by atoms with van der Waals surface area (Å²) in [6.07, 6.45) is 0.426. The molecule has 1 aromatic heterocycles. The maximum atomic E-state index is 13.0. The fraction of sp³-hybridized carbons (Fsp3) is 0.391. The minimum atomic E-state index is -3.52. The first-order valence-electron chi connectivity index (χ1n) is 10.6. The molecule has 2 heterocycles. The lowest BCUT2D eigenvalue weighted by Gasteiger charge is -2.34. The van der Waals surface area contributed by atoms with Crippen LogP contribution in [0.15, 0.2) is 41.3 Å². The topological polar surface area (TPSA) is 70.6 Å². The van der Waals surface area contributed by atoms with Crippen LogP contribution in [0.2, 0.25) is 0 Å². The molecule has 0 radical (unpaired) electrons. The Hall–Kier alpha value is -2.52. The van der Waals surface area contributed by atoms with Gasteiger partial charge in [0.2, 0.25) is 5.91 Å². The van der Waals surface area contributed by atoms with Crippen molar-refractivity contribution in [1.82, 2.24) is 9.88 Å². The van der Waals surface area contributed by atoms with Gasteiger partial charge in [0, 0.05) is 32.6 Å². The second-order valence-electron chi connectivity index (χ2n) is 8.12. The van der Waals surface area contributed by atoms with Crippen LogP contribution in [0.5, 0.6) is 0 Å². The first-order chi connectivity index (χ1) is 15.2. The molecule has 2 aromatic carbocycles. The van der Waals surface area contributed by atoms with Crippen molar-refractivity contribution in [2.45, 2.75) is 31.6 Å².